The lowest BCUT2D eigenvalue weighted by Crippen LogP contribution is -2.32. The number of Topliss-reactive ketones (excluding diaryl/α,β-unsaturated/α-hetero) is 1. The van der Waals surface area contributed by atoms with Crippen molar-refractivity contribution >= 4 is 17.4 Å². The molecular formula is C23H25NO4. The van der Waals surface area contributed by atoms with Crippen LogP contribution in [0.15, 0.2) is 60.2 Å². The van der Waals surface area contributed by atoms with Crippen LogP contribution in [0.1, 0.15) is 42.5 Å². The first-order chi connectivity index (χ1) is 13.5. The number of carbonyl (C=O) groups is 2. The number of hydrogen-bond donors (Lipinski definition) is 1. The van der Waals surface area contributed by atoms with Crippen LogP contribution in [0.2, 0.25) is 0 Å². The van der Waals surface area contributed by atoms with Gasteiger partial charge in [-0.3, -0.25) is 9.59 Å². The van der Waals surface area contributed by atoms with Gasteiger partial charge in [0.15, 0.2) is 0 Å². The van der Waals surface area contributed by atoms with Crippen LogP contribution in [-0.2, 0) is 14.3 Å². The van der Waals surface area contributed by atoms with Crippen LogP contribution < -0.4 is 0 Å². The molecule has 0 bridgehead atoms. The SMILES string of the molecule is COCCN1C(=O)C(=O)/C(=C(/O)c2ccccc2)[C@@H]1c1ccc(C(C)C)cc1. The Morgan fingerprint density at radius 3 is 2.29 bits per heavy atom. The molecule has 28 heavy (non-hydrogen) atoms. The molecule has 1 aliphatic heterocycles. The Balaban J connectivity index is 2.12. The Hall–Kier alpha value is -2.92. The standard InChI is InChI=1S/C23H25NO4/c1-15(2)16-9-11-17(12-10-16)20-19(21(25)18-7-5-4-6-8-18)22(26)23(27)24(20)13-14-28-3/h4-12,15,20,25H,13-14H2,1-3H3/b21-19+/t20-/m0/s1. The zero-order chi connectivity index (χ0) is 20.3. The first-order valence-corrected chi connectivity index (χ1v) is 9.38. The molecule has 0 unspecified atom stereocenters. The van der Waals surface area contributed by atoms with Crippen molar-refractivity contribution in [3.8, 4) is 0 Å². The van der Waals surface area contributed by atoms with Crippen LogP contribution in [0, 0.1) is 0 Å². The molecule has 5 nitrogen and oxygen atoms in total. The first kappa shape index (κ1) is 19.8. The summed E-state index contributed by atoms with van der Waals surface area (Å²) in [5, 5.41) is 10.9. The summed E-state index contributed by atoms with van der Waals surface area (Å²) < 4.78 is 5.12. The lowest BCUT2D eigenvalue weighted by atomic mass is 9.93. The summed E-state index contributed by atoms with van der Waals surface area (Å²) in [6, 6.07) is 16.0. The first-order valence-electron chi connectivity index (χ1n) is 9.38. The minimum absolute atomic E-state index is 0.115. The summed E-state index contributed by atoms with van der Waals surface area (Å²) >= 11 is 0. The average molecular weight is 379 g/mol. The van der Waals surface area contributed by atoms with Crippen molar-refractivity contribution in [2.45, 2.75) is 25.8 Å². The minimum Gasteiger partial charge on any atom is -0.507 e. The van der Waals surface area contributed by atoms with Crippen molar-refractivity contribution in [3.63, 3.8) is 0 Å². The molecular weight excluding hydrogens is 354 g/mol. The maximum Gasteiger partial charge on any atom is 0.295 e. The van der Waals surface area contributed by atoms with Crippen LogP contribution in [-0.4, -0.2) is 42.0 Å². The maximum atomic E-state index is 12.8. The molecule has 0 saturated carbocycles. The molecule has 5 heteroatoms. The van der Waals surface area contributed by atoms with E-state index in [2.05, 4.69) is 13.8 Å². The van der Waals surface area contributed by atoms with E-state index in [1.807, 2.05) is 30.3 Å². The van der Waals surface area contributed by atoms with E-state index in [1.54, 1.807) is 31.4 Å². The smallest absolute Gasteiger partial charge is 0.295 e. The number of likely N-dealkylation sites (tertiary alicyclic amines) is 1. The van der Waals surface area contributed by atoms with Gasteiger partial charge in [-0.2, -0.15) is 0 Å². The van der Waals surface area contributed by atoms with Crippen LogP contribution in [0.4, 0.5) is 0 Å². The summed E-state index contributed by atoms with van der Waals surface area (Å²) in [6.45, 7) is 4.78. The molecule has 0 radical (unpaired) electrons. The molecule has 3 rings (SSSR count). The number of nitrogens with zero attached hydrogens (tertiary/aromatic N) is 1. The maximum absolute atomic E-state index is 12.8. The van der Waals surface area contributed by atoms with Crippen LogP contribution in [0.25, 0.3) is 5.76 Å². The molecule has 2 aromatic rings. The van der Waals surface area contributed by atoms with Crippen LogP contribution in [0.5, 0.6) is 0 Å². The van der Waals surface area contributed by atoms with Crippen LogP contribution in [0.3, 0.4) is 0 Å². The normalized spacial score (nSPS) is 18.9. The number of amides is 1. The van der Waals surface area contributed by atoms with Gasteiger partial charge < -0.3 is 14.7 Å². The number of carbonyl (C=O) groups excluding carboxylic acids is 2. The molecule has 1 amide bonds. The van der Waals surface area contributed by atoms with Crippen molar-refractivity contribution in [2.24, 2.45) is 0 Å². The number of aliphatic hydroxyl groups excluding tert-OH is 1. The third kappa shape index (κ3) is 3.71. The number of ketones is 1. The second kappa shape index (κ2) is 8.40. The molecule has 1 atom stereocenters. The van der Waals surface area contributed by atoms with Gasteiger partial charge in [0.1, 0.15) is 5.76 Å². The number of hydrogen-bond acceptors (Lipinski definition) is 4. The molecule has 0 aromatic heterocycles. The van der Waals surface area contributed by atoms with Crippen molar-refractivity contribution < 1.29 is 19.4 Å². The van der Waals surface area contributed by atoms with Gasteiger partial charge in [0.2, 0.25) is 0 Å². The van der Waals surface area contributed by atoms with Gasteiger partial charge in [0, 0.05) is 19.2 Å². The molecule has 1 saturated heterocycles. The quantitative estimate of drug-likeness (QED) is 0.470. The van der Waals surface area contributed by atoms with Gasteiger partial charge in [0.25, 0.3) is 11.7 Å². The van der Waals surface area contributed by atoms with E-state index >= 15 is 0 Å². The molecule has 1 aliphatic rings. The molecule has 1 heterocycles. The summed E-state index contributed by atoms with van der Waals surface area (Å²) in [6.07, 6.45) is 0. The predicted octanol–water partition coefficient (Wildman–Crippen LogP) is 3.88. The number of aliphatic hydroxyl groups is 1. The lowest BCUT2D eigenvalue weighted by molar-refractivity contribution is -0.140. The Morgan fingerprint density at radius 1 is 1.07 bits per heavy atom. The topological polar surface area (TPSA) is 66.8 Å². The predicted molar refractivity (Wildman–Crippen MR) is 108 cm³/mol. The van der Waals surface area contributed by atoms with Crippen molar-refractivity contribution in [3.05, 3.63) is 76.9 Å². The van der Waals surface area contributed by atoms with E-state index in [0.717, 1.165) is 5.56 Å². The monoisotopic (exact) mass is 379 g/mol. The minimum atomic E-state index is -0.671. The Bertz CT molecular complexity index is 885. The molecule has 0 aliphatic carbocycles. The molecule has 146 valence electrons. The second-order valence-electron chi connectivity index (χ2n) is 7.17. The van der Waals surface area contributed by atoms with E-state index in [-0.39, 0.29) is 17.9 Å². The van der Waals surface area contributed by atoms with Gasteiger partial charge in [0.05, 0.1) is 18.2 Å². The second-order valence-corrected chi connectivity index (χ2v) is 7.17. The number of rotatable bonds is 6. The van der Waals surface area contributed by atoms with Crippen molar-refractivity contribution in [2.75, 3.05) is 20.3 Å². The highest BCUT2D eigenvalue weighted by Gasteiger charge is 2.45. The number of benzene rings is 2. The Morgan fingerprint density at radius 2 is 1.71 bits per heavy atom. The largest absolute Gasteiger partial charge is 0.507 e. The average Bonchev–Trinajstić information content (AvgIpc) is 2.97. The van der Waals surface area contributed by atoms with Crippen molar-refractivity contribution in [1.29, 1.82) is 0 Å². The van der Waals surface area contributed by atoms with Gasteiger partial charge >= 0.3 is 0 Å². The summed E-state index contributed by atoms with van der Waals surface area (Å²) in [5.41, 5.74) is 2.58. The fourth-order valence-corrected chi connectivity index (χ4v) is 3.46. The van der Waals surface area contributed by atoms with Crippen LogP contribution >= 0.6 is 0 Å². The van der Waals surface area contributed by atoms with Gasteiger partial charge in [-0.05, 0) is 17.0 Å². The molecule has 1 fully saturated rings. The highest BCUT2D eigenvalue weighted by molar-refractivity contribution is 6.46. The van der Waals surface area contributed by atoms with E-state index in [0.29, 0.717) is 18.1 Å². The fraction of sp³-hybridized carbons (Fsp3) is 0.304. The number of ether oxygens (including phenoxy) is 1. The van der Waals surface area contributed by atoms with Gasteiger partial charge in [-0.15, -0.1) is 0 Å². The Kier molecular flexibility index (Phi) is 5.95. The zero-order valence-electron chi connectivity index (χ0n) is 16.4. The highest BCUT2D eigenvalue weighted by atomic mass is 16.5. The third-order valence-electron chi connectivity index (χ3n) is 5.04. The van der Waals surface area contributed by atoms with Crippen molar-refractivity contribution in [1.82, 2.24) is 4.90 Å². The van der Waals surface area contributed by atoms with E-state index in [1.165, 1.54) is 10.5 Å². The van der Waals surface area contributed by atoms with Gasteiger partial charge in [-0.1, -0.05) is 68.4 Å². The van der Waals surface area contributed by atoms with E-state index in [9.17, 15) is 14.7 Å². The summed E-state index contributed by atoms with van der Waals surface area (Å²) in [4.78, 5) is 27.0. The molecule has 0 spiro atoms. The fourth-order valence-electron chi connectivity index (χ4n) is 3.46. The van der Waals surface area contributed by atoms with E-state index in [4.69, 9.17) is 4.74 Å². The summed E-state index contributed by atoms with van der Waals surface area (Å²) in [7, 11) is 1.55. The molecule has 1 N–H and O–H groups in total. The third-order valence-corrected chi connectivity index (χ3v) is 5.04. The highest BCUT2D eigenvalue weighted by Crippen LogP contribution is 2.39. The van der Waals surface area contributed by atoms with E-state index < -0.39 is 17.7 Å². The number of methoxy groups -OCH3 is 1. The molecule has 2 aromatic carbocycles. The zero-order valence-corrected chi connectivity index (χ0v) is 16.4. The summed E-state index contributed by atoms with van der Waals surface area (Å²) in [5.74, 6) is -1.07. The Labute approximate surface area is 165 Å². The van der Waals surface area contributed by atoms with Gasteiger partial charge in [-0.25, -0.2) is 0 Å². The lowest BCUT2D eigenvalue weighted by Gasteiger charge is -2.25.